The quantitative estimate of drug-likeness (QED) is 0.0595. The van der Waals surface area contributed by atoms with Crippen LogP contribution in [0.15, 0.2) is 11.6 Å². The van der Waals surface area contributed by atoms with Crippen LogP contribution in [0.4, 0.5) is 9.59 Å². The Bertz CT molecular complexity index is 1060. The topological polar surface area (TPSA) is 140 Å². The van der Waals surface area contributed by atoms with Gasteiger partial charge in [-0.3, -0.25) is 4.79 Å². The normalized spacial score (nSPS) is 29.5. The fourth-order valence-electron chi connectivity index (χ4n) is 7.51. The molecule has 0 aromatic rings. The number of epoxide rings is 1. The fraction of sp³-hybridized carbons (Fsp3) is 0.857. The predicted molar refractivity (Wildman–Crippen MR) is 185 cm³/mol. The molecular formula is C35H60N4O7S. The van der Waals surface area contributed by atoms with Crippen molar-refractivity contribution in [1.29, 1.82) is 0 Å². The van der Waals surface area contributed by atoms with Gasteiger partial charge in [0.1, 0.15) is 12.2 Å². The van der Waals surface area contributed by atoms with Gasteiger partial charge in [-0.05, 0) is 66.2 Å². The molecule has 1 saturated carbocycles. The van der Waals surface area contributed by atoms with Gasteiger partial charge in [0, 0.05) is 43.5 Å². The van der Waals surface area contributed by atoms with Crippen molar-refractivity contribution in [3.63, 3.8) is 0 Å². The summed E-state index contributed by atoms with van der Waals surface area (Å²) in [5.74, 6) is 1.05. The maximum atomic E-state index is 12.7. The third-order valence-corrected chi connectivity index (χ3v) is 11.6. The zero-order valence-electron chi connectivity index (χ0n) is 29.3. The zero-order chi connectivity index (χ0) is 33.9. The summed E-state index contributed by atoms with van der Waals surface area (Å²) in [7, 11) is 1.68. The predicted octanol–water partition coefficient (Wildman–Crippen LogP) is 5.22. The number of thioether (sulfide) groups is 1. The highest BCUT2D eigenvalue weighted by atomic mass is 32.2. The summed E-state index contributed by atoms with van der Waals surface area (Å²) >= 11 is 1.92. The van der Waals surface area contributed by atoms with Crippen LogP contribution >= 0.6 is 11.8 Å². The van der Waals surface area contributed by atoms with Crippen LogP contribution in [0, 0.1) is 5.92 Å². The van der Waals surface area contributed by atoms with E-state index in [1.54, 1.807) is 7.11 Å². The van der Waals surface area contributed by atoms with Crippen molar-refractivity contribution in [3.05, 3.63) is 11.6 Å². The van der Waals surface area contributed by atoms with E-state index in [0.29, 0.717) is 37.9 Å². The van der Waals surface area contributed by atoms with E-state index >= 15 is 0 Å². The minimum Gasteiger partial charge on any atom is -0.443 e. The fourth-order valence-corrected chi connectivity index (χ4v) is 9.05. The summed E-state index contributed by atoms with van der Waals surface area (Å²) < 4.78 is 24.1. The van der Waals surface area contributed by atoms with E-state index in [9.17, 15) is 14.4 Å². The molecule has 0 radical (unpaired) electrons. The number of unbranched alkanes of at least 4 members (excludes halogenated alkanes) is 6. The van der Waals surface area contributed by atoms with Crippen LogP contribution in [0.25, 0.3) is 0 Å². The third kappa shape index (κ3) is 11.3. The van der Waals surface area contributed by atoms with Crippen molar-refractivity contribution in [2.24, 2.45) is 5.92 Å². The van der Waals surface area contributed by atoms with Gasteiger partial charge in [0.15, 0.2) is 0 Å². The van der Waals surface area contributed by atoms with Crippen LogP contribution < -0.4 is 21.3 Å². The molecular weight excluding hydrogens is 620 g/mol. The van der Waals surface area contributed by atoms with Gasteiger partial charge in [-0.25, -0.2) is 9.59 Å². The first kappa shape index (κ1) is 37.8. The lowest BCUT2D eigenvalue weighted by Crippen LogP contribution is -2.59. The molecule has 11 nitrogen and oxygen atoms in total. The number of methoxy groups -OCH3 is 1. The van der Waals surface area contributed by atoms with Crippen LogP contribution in [-0.4, -0.2) is 97.9 Å². The smallest absolute Gasteiger partial charge is 0.407 e. The van der Waals surface area contributed by atoms with Gasteiger partial charge in [0.2, 0.25) is 5.91 Å². The van der Waals surface area contributed by atoms with Crippen molar-refractivity contribution in [1.82, 2.24) is 21.3 Å². The van der Waals surface area contributed by atoms with E-state index in [0.717, 1.165) is 76.5 Å². The van der Waals surface area contributed by atoms with Crippen LogP contribution in [0.5, 0.6) is 0 Å². The van der Waals surface area contributed by atoms with Crippen LogP contribution in [0.3, 0.4) is 0 Å². The van der Waals surface area contributed by atoms with Crippen molar-refractivity contribution in [2.45, 2.75) is 145 Å². The van der Waals surface area contributed by atoms with Crippen LogP contribution in [-0.2, 0) is 23.7 Å². The van der Waals surface area contributed by atoms with Gasteiger partial charge in [-0.15, -0.1) is 0 Å². The number of hydrogen-bond acceptors (Lipinski definition) is 8. The molecule has 3 aliphatic heterocycles. The third-order valence-electron chi connectivity index (χ3n) is 10.1. The number of allylic oxidation sites excluding steroid dienone is 1. The molecule has 0 aromatic heterocycles. The van der Waals surface area contributed by atoms with Crippen LogP contribution in [0.1, 0.15) is 105 Å². The molecule has 4 N–H and O–H groups in total. The highest BCUT2D eigenvalue weighted by molar-refractivity contribution is 8.00. The van der Waals surface area contributed by atoms with Gasteiger partial charge in [0.05, 0.1) is 36.5 Å². The lowest BCUT2D eigenvalue weighted by Gasteiger charge is -2.47. The Balaban J connectivity index is 0.996. The number of carbonyl (C=O) groups is 3. The molecule has 0 bridgehead atoms. The molecule has 1 spiro atoms. The molecule has 7 atom stereocenters. The average molecular weight is 681 g/mol. The van der Waals surface area contributed by atoms with E-state index in [1.807, 2.05) is 11.8 Å². The van der Waals surface area contributed by atoms with Crippen molar-refractivity contribution < 1.29 is 33.3 Å². The molecule has 4 aliphatic rings. The maximum absolute atomic E-state index is 12.7. The Morgan fingerprint density at radius 1 is 1.04 bits per heavy atom. The summed E-state index contributed by atoms with van der Waals surface area (Å²) in [6, 6.07) is 0.448. The number of amides is 4. The standard InChI is InChI=1S/C35H60N4O7S/c1-24(2)17-21-44-34(3,4)31-30(43-5)26(16-18-35(31)23-45-35)46-33(42)37-20-13-9-7-6-8-12-19-36-28(40)15-11-10-14-27-29-25(22-47-27)38-32(41)39-29/h17,25-27,29-31H,6-16,18-23H2,1-5H3,(H,36,40)(H,37,42)(H2,38,39,41)/t25-,26+,27-,29-,30+,31+,35-/m0/s1. The second-order valence-electron chi connectivity index (χ2n) is 14.5. The van der Waals surface area contributed by atoms with Gasteiger partial charge < -0.3 is 40.2 Å². The largest absolute Gasteiger partial charge is 0.443 e. The molecule has 12 heteroatoms. The Morgan fingerprint density at radius 2 is 1.74 bits per heavy atom. The molecule has 0 unspecified atom stereocenters. The van der Waals surface area contributed by atoms with Gasteiger partial charge >= 0.3 is 12.1 Å². The molecule has 4 fully saturated rings. The first-order valence-electron chi connectivity index (χ1n) is 17.9. The summed E-state index contributed by atoms with van der Waals surface area (Å²) in [5, 5.41) is 12.4. The molecule has 1 aliphatic carbocycles. The number of fused-ring (bicyclic) bond motifs is 1. The summed E-state index contributed by atoms with van der Waals surface area (Å²) in [6.45, 7) is 10.8. The number of alkyl carbamates (subject to hydrolysis) is 1. The Kier molecular flexibility index (Phi) is 14.6. The number of ether oxygens (including phenoxy) is 4. The first-order chi connectivity index (χ1) is 22.5. The van der Waals surface area contributed by atoms with Gasteiger partial charge in [-0.2, -0.15) is 11.8 Å². The number of urea groups is 1. The second kappa shape index (κ2) is 18.1. The highest BCUT2D eigenvalue weighted by Crippen LogP contribution is 2.52. The summed E-state index contributed by atoms with van der Waals surface area (Å²) in [4.78, 5) is 36.4. The average Bonchev–Trinajstić information content (AvgIpc) is 3.54. The second-order valence-corrected chi connectivity index (χ2v) is 15.7. The highest BCUT2D eigenvalue weighted by Gasteiger charge is 2.64. The van der Waals surface area contributed by atoms with E-state index < -0.39 is 11.7 Å². The molecule has 3 heterocycles. The summed E-state index contributed by atoms with van der Waals surface area (Å²) in [5.41, 5.74) is 0.424. The minimum atomic E-state index is -0.512. The van der Waals surface area contributed by atoms with Gasteiger partial charge in [0.25, 0.3) is 0 Å². The van der Waals surface area contributed by atoms with E-state index in [2.05, 4.69) is 55.0 Å². The van der Waals surface area contributed by atoms with Crippen LogP contribution in [0.2, 0.25) is 0 Å². The first-order valence-corrected chi connectivity index (χ1v) is 18.9. The maximum Gasteiger partial charge on any atom is 0.407 e. The Hall–Kier alpha value is -2.02. The van der Waals surface area contributed by atoms with Crippen molar-refractivity contribution in [2.75, 3.05) is 39.2 Å². The lowest BCUT2D eigenvalue weighted by molar-refractivity contribution is -0.172. The lowest BCUT2D eigenvalue weighted by atomic mass is 9.68. The minimum absolute atomic E-state index is 0.0477. The number of nitrogens with one attached hydrogen (secondary N) is 4. The monoisotopic (exact) mass is 680 g/mol. The van der Waals surface area contributed by atoms with E-state index in [-0.39, 0.29) is 47.7 Å². The van der Waals surface area contributed by atoms with Gasteiger partial charge in [-0.1, -0.05) is 43.8 Å². The molecule has 0 aromatic carbocycles. The summed E-state index contributed by atoms with van der Waals surface area (Å²) in [6.07, 6.45) is 12.2. The molecule has 4 rings (SSSR count). The SMILES string of the molecule is CO[C@H]1[C@H](C(C)(C)OCC=C(C)C)[C@]2(CC[C@H]1OC(=O)NCCCCCCCCNC(=O)CCCC[C@@H]1SC[C@@H]3NC(=O)N[C@@H]31)CO2. The van der Waals surface area contributed by atoms with E-state index in [1.165, 1.54) is 5.57 Å². The molecule has 4 amide bonds. The zero-order valence-corrected chi connectivity index (χ0v) is 30.1. The number of carbonyl (C=O) groups excluding carboxylic acids is 3. The van der Waals surface area contributed by atoms with Crippen molar-refractivity contribution in [3.8, 4) is 0 Å². The van der Waals surface area contributed by atoms with Crippen molar-refractivity contribution >= 4 is 29.8 Å². The number of hydrogen-bond donors (Lipinski definition) is 4. The molecule has 268 valence electrons. The Morgan fingerprint density at radius 3 is 2.43 bits per heavy atom. The molecule has 47 heavy (non-hydrogen) atoms. The molecule has 3 saturated heterocycles. The Labute approximate surface area is 286 Å². The number of rotatable bonds is 20. The van der Waals surface area contributed by atoms with E-state index in [4.69, 9.17) is 18.9 Å².